The standard InChI is InChI=1S/C26H29Cl2N3O2/c1-4-21-24(19-11-10-17(27)15-20(19)28)29-22(5-2)26(30-21)31-25-18-9-7-6-8-16(18)14-23(25)33-13-12-32-3/h6-11,15,23,25H,4-5,12-14H2,1-3H3,(H,30,31)/t23-,25+/m0/s1. The van der Waals surface area contributed by atoms with Crippen molar-refractivity contribution in [1.82, 2.24) is 9.97 Å². The van der Waals surface area contributed by atoms with Crippen LogP contribution < -0.4 is 5.32 Å². The summed E-state index contributed by atoms with van der Waals surface area (Å²) < 4.78 is 11.4. The molecule has 33 heavy (non-hydrogen) atoms. The molecule has 4 rings (SSSR count). The molecule has 5 nitrogen and oxygen atoms in total. The number of nitrogens with zero attached hydrogens (tertiary/aromatic N) is 2. The van der Waals surface area contributed by atoms with Crippen molar-refractivity contribution in [2.24, 2.45) is 0 Å². The summed E-state index contributed by atoms with van der Waals surface area (Å²) >= 11 is 12.6. The van der Waals surface area contributed by atoms with E-state index in [1.807, 2.05) is 12.1 Å². The summed E-state index contributed by atoms with van der Waals surface area (Å²) in [6, 6.07) is 14.0. The third kappa shape index (κ3) is 5.17. The first-order valence-electron chi connectivity index (χ1n) is 11.4. The number of methoxy groups -OCH3 is 1. The van der Waals surface area contributed by atoms with Gasteiger partial charge in [-0.15, -0.1) is 0 Å². The summed E-state index contributed by atoms with van der Waals surface area (Å²) in [4.78, 5) is 10.0. The molecule has 1 aliphatic carbocycles. The SMILES string of the molecule is CCc1nc(-c2ccc(Cl)cc2Cl)c(CC)nc1N[C@@H]1c2ccccc2C[C@@H]1OCCOC. The molecule has 1 N–H and O–H groups in total. The lowest BCUT2D eigenvalue weighted by Gasteiger charge is -2.24. The number of nitrogens with one attached hydrogen (secondary N) is 1. The highest BCUT2D eigenvalue weighted by Crippen LogP contribution is 2.37. The Bertz CT molecular complexity index is 1120. The van der Waals surface area contributed by atoms with Crippen LogP contribution in [-0.4, -0.2) is 36.4 Å². The van der Waals surface area contributed by atoms with Gasteiger partial charge in [-0.2, -0.15) is 0 Å². The lowest BCUT2D eigenvalue weighted by Crippen LogP contribution is -2.27. The molecule has 0 saturated carbocycles. The number of fused-ring (bicyclic) bond motifs is 1. The zero-order chi connectivity index (χ0) is 23.4. The fraction of sp³-hybridized carbons (Fsp3) is 0.385. The minimum Gasteiger partial charge on any atom is -0.382 e. The van der Waals surface area contributed by atoms with E-state index in [9.17, 15) is 0 Å². The molecule has 0 unspecified atom stereocenters. The van der Waals surface area contributed by atoms with Crippen molar-refractivity contribution in [3.63, 3.8) is 0 Å². The molecule has 1 aromatic heterocycles. The first-order chi connectivity index (χ1) is 16.0. The Balaban J connectivity index is 1.70. The lowest BCUT2D eigenvalue weighted by molar-refractivity contribution is 0.0136. The molecule has 0 bridgehead atoms. The molecule has 0 amide bonds. The first kappa shape index (κ1) is 24.0. The molecule has 0 aliphatic heterocycles. The molecule has 2 atom stereocenters. The van der Waals surface area contributed by atoms with E-state index in [1.165, 1.54) is 11.1 Å². The summed E-state index contributed by atoms with van der Waals surface area (Å²) in [5.74, 6) is 0.797. The second-order valence-corrected chi connectivity index (χ2v) is 8.92. The number of halogens is 2. The molecule has 7 heteroatoms. The fourth-order valence-electron chi connectivity index (χ4n) is 4.32. The quantitative estimate of drug-likeness (QED) is 0.359. The summed E-state index contributed by atoms with van der Waals surface area (Å²) in [5, 5.41) is 4.85. The molecule has 0 spiro atoms. The van der Waals surface area contributed by atoms with Crippen LogP contribution in [0.2, 0.25) is 10.0 Å². The zero-order valence-electron chi connectivity index (χ0n) is 19.2. The third-order valence-corrected chi connectivity index (χ3v) is 6.54. The Labute approximate surface area is 205 Å². The van der Waals surface area contributed by atoms with E-state index < -0.39 is 0 Å². The number of hydrogen-bond donors (Lipinski definition) is 1. The maximum absolute atomic E-state index is 6.51. The second-order valence-electron chi connectivity index (χ2n) is 8.07. The first-order valence-corrected chi connectivity index (χ1v) is 12.1. The topological polar surface area (TPSA) is 56.3 Å². The van der Waals surface area contributed by atoms with Crippen molar-refractivity contribution in [3.8, 4) is 11.3 Å². The van der Waals surface area contributed by atoms with E-state index in [4.69, 9.17) is 42.6 Å². The van der Waals surface area contributed by atoms with Gasteiger partial charge in [-0.05, 0) is 42.2 Å². The number of ether oxygens (including phenoxy) is 2. The van der Waals surface area contributed by atoms with Crippen LogP contribution in [0.15, 0.2) is 42.5 Å². The van der Waals surface area contributed by atoms with Gasteiger partial charge in [0.05, 0.1) is 47.5 Å². The number of benzene rings is 2. The lowest BCUT2D eigenvalue weighted by atomic mass is 10.1. The van der Waals surface area contributed by atoms with E-state index in [-0.39, 0.29) is 12.1 Å². The van der Waals surface area contributed by atoms with Gasteiger partial charge in [0.25, 0.3) is 0 Å². The average Bonchev–Trinajstić information content (AvgIpc) is 3.16. The Morgan fingerprint density at radius 2 is 1.79 bits per heavy atom. The summed E-state index contributed by atoms with van der Waals surface area (Å²) in [6.07, 6.45) is 2.32. The van der Waals surface area contributed by atoms with Crippen LogP contribution in [-0.2, 0) is 28.7 Å². The summed E-state index contributed by atoms with van der Waals surface area (Å²) in [6.45, 7) is 5.28. The van der Waals surface area contributed by atoms with Crippen molar-refractivity contribution >= 4 is 29.0 Å². The Kier molecular flexibility index (Phi) is 7.86. The Morgan fingerprint density at radius 3 is 2.52 bits per heavy atom. The normalized spacial score (nSPS) is 17.2. The monoisotopic (exact) mass is 485 g/mol. The molecule has 2 aromatic carbocycles. The predicted octanol–water partition coefficient (Wildman–Crippen LogP) is 6.32. The number of anilines is 1. The number of aryl methyl sites for hydroxylation is 2. The molecule has 0 fully saturated rings. The largest absolute Gasteiger partial charge is 0.382 e. The Morgan fingerprint density at radius 1 is 1.00 bits per heavy atom. The summed E-state index contributed by atoms with van der Waals surface area (Å²) in [5.41, 5.74) is 5.98. The summed E-state index contributed by atoms with van der Waals surface area (Å²) in [7, 11) is 1.69. The molecule has 3 aromatic rings. The van der Waals surface area contributed by atoms with Crippen LogP contribution in [0, 0.1) is 0 Å². The van der Waals surface area contributed by atoms with Crippen LogP contribution in [0.5, 0.6) is 0 Å². The van der Waals surface area contributed by atoms with E-state index in [1.54, 1.807) is 13.2 Å². The van der Waals surface area contributed by atoms with Gasteiger partial charge < -0.3 is 14.8 Å². The van der Waals surface area contributed by atoms with E-state index in [0.717, 1.165) is 47.7 Å². The molecular formula is C26H29Cl2N3O2. The van der Waals surface area contributed by atoms with Crippen LogP contribution in [0.1, 0.15) is 42.4 Å². The molecule has 0 saturated heterocycles. The van der Waals surface area contributed by atoms with Gasteiger partial charge in [-0.25, -0.2) is 9.97 Å². The van der Waals surface area contributed by atoms with Gasteiger partial charge in [-0.1, -0.05) is 61.3 Å². The minimum absolute atomic E-state index is 0.000446. The molecule has 174 valence electrons. The third-order valence-electron chi connectivity index (χ3n) is 5.99. The molecule has 0 radical (unpaired) electrons. The highest BCUT2D eigenvalue weighted by atomic mass is 35.5. The number of rotatable bonds is 9. The highest BCUT2D eigenvalue weighted by Gasteiger charge is 2.34. The van der Waals surface area contributed by atoms with E-state index >= 15 is 0 Å². The van der Waals surface area contributed by atoms with Gasteiger partial charge in [0, 0.05) is 24.1 Å². The van der Waals surface area contributed by atoms with Gasteiger partial charge >= 0.3 is 0 Å². The van der Waals surface area contributed by atoms with Gasteiger partial charge in [-0.3, -0.25) is 0 Å². The van der Waals surface area contributed by atoms with Crippen molar-refractivity contribution in [2.45, 2.75) is 45.3 Å². The van der Waals surface area contributed by atoms with Crippen LogP contribution in [0.25, 0.3) is 11.3 Å². The van der Waals surface area contributed by atoms with Crippen molar-refractivity contribution in [3.05, 3.63) is 75.0 Å². The number of aromatic nitrogens is 2. The molecular weight excluding hydrogens is 457 g/mol. The van der Waals surface area contributed by atoms with Crippen LogP contribution in [0.4, 0.5) is 5.82 Å². The van der Waals surface area contributed by atoms with Gasteiger partial charge in [0.1, 0.15) is 5.82 Å². The van der Waals surface area contributed by atoms with E-state index in [2.05, 4.69) is 43.4 Å². The van der Waals surface area contributed by atoms with Gasteiger partial charge in [0.15, 0.2) is 0 Å². The van der Waals surface area contributed by atoms with Crippen molar-refractivity contribution in [1.29, 1.82) is 0 Å². The molecule has 1 heterocycles. The second kappa shape index (κ2) is 10.8. The number of hydrogen-bond acceptors (Lipinski definition) is 5. The van der Waals surface area contributed by atoms with Gasteiger partial charge in [0.2, 0.25) is 0 Å². The Hall–Kier alpha value is -2.18. The highest BCUT2D eigenvalue weighted by molar-refractivity contribution is 6.36. The van der Waals surface area contributed by atoms with Crippen molar-refractivity contribution < 1.29 is 9.47 Å². The predicted molar refractivity (Wildman–Crippen MR) is 134 cm³/mol. The van der Waals surface area contributed by atoms with Crippen LogP contribution in [0.3, 0.4) is 0 Å². The van der Waals surface area contributed by atoms with Crippen LogP contribution >= 0.6 is 23.2 Å². The molecule has 1 aliphatic rings. The maximum atomic E-state index is 6.51. The maximum Gasteiger partial charge on any atom is 0.148 e. The minimum atomic E-state index is -0.00710. The van der Waals surface area contributed by atoms with E-state index in [0.29, 0.717) is 23.3 Å². The fourth-order valence-corrected chi connectivity index (χ4v) is 4.82. The van der Waals surface area contributed by atoms with Crippen molar-refractivity contribution in [2.75, 3.05) is 25.6 Å². The zero-order valence-corrected chi connectivity index (χ0v) is 20.7. The smallest absolute Gasteiger partial charge is 0.148 e. The average molecular weight is 486 g/mol.